The maximum atomic E-state index is 11.3. The Morgan fingerprint density at radius 3 is 2.38 bits per heavy atom. The predicted molar refractivity (Wildman–Crippen MR) is 95.2 cm³/mol. The molecule has 0 N–H and O–H groups in total. The van der Waals surface area contributed by atoms with Crippen LogP contribution in [0, 0.1) is 3.57 Å². The Morgan fingerprint density at radius 2 is 1.81 bits per heavy atom. The number of carbonyl (C=O) groups is 1. The second kappa shape index (κ2) is 6.18. The largest absolute Gasteiger partial charge is 0.496 e. The molecule has 2 aromatic carbocycles. The van der Waals surface area contributed by atoms with Crippen molar-refractivity contribution in [3.63, 3.8) is 0 Å². The Balaban J connectivity index is 2.66. The zero-order valence-electron chi connectivity index (χ0n) is 12.7. The standard InChI is InChI=1S/C18H19IO2/c1-18(2,3)16-9-12(6-8-17(16)21-4)15-10-14(19)7-5-13(15)11-20/h5-11H,1-4H3. The van der Waals surface area contributed by atoms with E-state index in [2.05, 4.69) is 49.4 Å². The first-order valence-electron chi connectivity index (χ1n) is 6.80. The number of ether oxygens (including phenoxy) is 1. The van der Waals surface area contributed by atoms with Gasteiger partial charge in [0, 0.05) is 14.7 Å². The third-order valence-electron chi connectivity index (χ3n) is 3.46. The van der Waals surface area contributed by atoms with E-state index < -0.39 is 0 Å². The van der Waals surface area contributed by atoms with Crippen LogP contribution in [0.3, 0.4) is 0 Å². The fourth-order valence-electron chi connectivity index (χ4n) is 2.34. The zero-order valence-corrected chi connectivity index (χ0v) is 14.9. The van der Waals surface area contributed by atoms with Crippen molar-refractivity contribution in [1.82, 2.24) is 0 Å². The van der Waals surface area contributed by atoms with E-state index in [1.54, 1.807) is 7.11 Å². The molecule has 2 aromatic rings. The summed E-state index contributed by atoms with van der Waals surface area (Å²) in [5.41, 5.74) is 3.83. The van der Waals surface area contributed by atoms with Crippen molar-refractivity contribution in [2.45, 2.75) is 26.2 Å². The molecule has 0 aliphatic carbocycles. The van der Waals surface area contributed by atoms with Gasteiger partial charge in [0.25, 0.3) is 0 Å². The van der Waals surface area contributed by atoms with Crippen molar-refractivity contribution in [2.24, 2.45) is 0 Å². The molecule has 0 saturated heterocycles. The smallest absolute Gasteiger partial charge is 0.150 e. The average Bonchev–Trinajstić information content (AvgIpc) is 2.45. The Labute approximate surface area is 139 Å². The molecule has 110 valence electrons. The molecule has 3 heteroatoms. The maximum Gasteiger partial charge on any atom is 0.150 e. The van der Waals surface area contributed by atoms with Gasteiger partial charge < -0.3 is 4.74 Å². The fraction of sp³-hybridized carbons (Fsp3) is 0.278. The molecule has 0 amide bonds. The van der Waals surface area contributed by atoms with E-state index in [1.807, 2.05) is 30.3 Å². The van der Waals surface area contributed by atoms with Crippen LogP contribution in [0.2, 0.25) is 0 Å². The molecule has 0 aliphatic heterocycles. The summed E-state index contributed by atoms with van der Waals surface area (Å²) in [6.07, 6.45) is 0.909. The van der Waals surface area contributed by atoms with Gasteiger partial charge in [-0.2, -0.15) is 0 Å². The maximum absolute atomic E-state index is 11.3. The molecular formula is C18H19IO2. The lowest BCUT2D eigenvalue weighted by molar-refractivity contribution is 0.112. The van der Waals surface area contributed by atoms with Gasteiger partial charge in [-0.3, -0.25) is 4.79 Å². The van der Waals surface area contributed by atoms with E-state index >= 15 is 0 Å². The normalized spacial score (nSPS) is 11.3. The molecule has 0 fully saturated rings. The molecular weight excluding hydrogens is 375 g/mol. The summed E-state index contributed by atoms with van der Waals surface area (Å²) >= 11 is 2.26. The van der Waals surface area contributed by atoms with Gasteiger partial charge in [0.2, 0.25) is 0 Å². The molecule has 0 aromatic heterocycles. The number of benzene rings is 2. The van der Waals surface area contributed by atoms with Gasteiger partial charge in [-0.1, -0.05) is 32.9 Å². The van der Waals surface area contributed by atoms with Gasteiger partial charge in [-0.05, 0) is 63.4 Å². The summed E-state index contributed by atoms with van der Waals surface area (Å²) in [5.74, 6) is 0.879. The highest BCUT2D eigenvalue weighted by Gasteiger charge is 2.20. The quantitative estimate of drug-likeness (QED) is 0.536. The highest BCUT2D eigenvalue weighted by atomic mass is 127. The number of rotatable bonds is 3. The Morgan fingerprint density at radius 1 is 1.10 bits per heavy atom. The van der Waals surface area contributed by atoms with E-state index in [0.717, 1.165) is 32.3 Å². The first-order chi connectivity index (χ1) is 9.86. The van der Waals surface area contributed by atoms with Crippen LogP contribution in [-0.2, 0) is 5.41 Å². The minimum absolute atomic E-state index is 0.0232. The zero-order chi connectivity index (χ0) is 15.6. The molecule has 0 atom stereocenters. The number of aldehydes is 1. The molecule has 0 saturated carbocycles. The minimum Gasteiger partial charge on any atom is -0.496 e. The lowest BCUT2D eigenvalue weighted by Crippen LogP contribution is -2.13. The van der Waals surface area contributed by atoms with Crippen LogP contribution in [0.1, 0.15) is 36.7 Å². The number of halogens is 1. The Bertz CT molecular complexity index is 669. The molecule has 0 radical (unpaired) electrons. The van der Waals surface area contributed by atoms with Crippen LogP contribution in [0.25, 0.3) is 11.1 Å². The summed E-state index contributed by atoms with van der Waals surface area (Å²) in [4.78, 5) is 11.3. The third kappa shape index (κ3) is 3.46. The summed E-state index contributed by atoms with van der Waals surface area (Å²) in [5, 5.41) is 0. The van der Waals surface area contributed by atoms with Gasteiger partial charge in [-0.25, -0.2) is 0 Å². The van der Waals surface area contributed by atoms with Crippen molar-refractivity contribution < 1.29 is 9.53 Å². The van der Waals surface area contributed by atoms with E-state index in [0.29, 0.717) is 5.56 Å². The minimum atomic E-state index is -0.0232. The highest BCUT2D eigenvalue weighted by molar-refractivity contribution is 14.1. The monoisotopic (exact) mass is 394 g/mol. The Hall–Kier alpha value is -1.36. The van der Waals surface area contributed by atoms with Crippen molar-refractivity contribution >= 4 is 28.9 Å². The second-order valence-electron chi connectivity index (χ2n) is 6.01. The number of hydrogen-bond donors (Lipinski definition) is 0. The van der Waals surface area contributed by atoms with E-state index in [4.69, 9.17) is 4.74 Å². The topological polar surface area (TPSA) is 26.3 Å². The van der Waals surface area contributed by atoms with Gasteiger partial charge in [0.1, 0.15) is 5.75 Å². The lowest BCUT2D eigenvalue weighted by Gasteiger charge is -2.23. The van der Waals surface area contributed by atoms with Gasteiger partial charge in [0.15, 0.2) is 6.29 Å². The SMILES string of the molecule is COc1ccc(-c2cc(I)ccc2C=O)cc1C(C)(C)C. The van der Waals surface area contributed by atoms with Crippen molar-refractivity contribution in [1.29, 1.82) is 0 Å². The van der Waals surface area contributed by atoms with Gasteiger partial charge in [0.05, 0.1) is 7.11 Å². The van der Waals surface area contributed by atoms with Crippen molar-refractivity contribution in [3.8, 4) is 16.9 Å². The molecule has 2 rings (SSSR count). The first kappa shape index (κ1) is 16.0. The molecule has 0 aliphatic rings. The van der Waals surface area contributed by atoms with Crippen LogP contribution in [0.5, 0.6) is 5.75 Å². The fourth-order valence-corrected chi connectivity index (χ4v) is 2.83. The van der Waals surface area contributed by atoms with E-state index in [1.165, 1.54) is 0 Å². The predicted octanol–water partition coefficient (Wildman–Crippen LogP) is 5.08. The van der Waals surface area contributed by atoms with Crippen LogP contribution in [-0.4, -0.2) is 13.4 Å². The van der Waals surface area contributed by atoms with Gasteiger partial charge >= 0.3 is 0 Å². The number of hydrogen-bond acceptors (Lipinski definition) is 2. The summed E-state index contributed by atoms with van der Waals surface area (Å²) in [7, 11) is 1.69. The van der Waals surface area contributed by atoms with E-state index in [9.17, 15) is 4.79 Å². The highest BCUT2D eigenvalue weighted by Crippen LogP contribution is 2.36. The summed E-state index contributed by atoms with van der Waals surface area (Å²) in [6, 6.07) is 12.0. The molecule has 0 unspecified atom stereocenters. The van der Waals surface area contributed by atoms with Crippen LogP contribution in [0.4, 0.5) is 0 Å². The van der Waals surface area contributed by atoms with Crippen molar-refractivity contribution in [3.05, 3.63) is 51.1 Å². The molecule has 0 spiro atoms. The summed E-state index contributed by atoms with van der Waals surface area (Å²) in [6.45, 7) is 6.47. The van der Waals surface area contributed by atoms with Gasteiger partial charge in [-0.15, -0.1) is 0 Å². The molecule has 0 heterocycles. The summed E-state index contributed by atoms with van der Waals surface area (Å²) < 4.78 is 6.58. The molecule has 2 nitrogen and oxygen atoms in total. The third-order valence-corrected chi connectivity index (χ3v) is 4.13. The lowest BCUT2D eigenvalue weighted by atomic mass is 9.84. The van der Waals surface area contributed by atoms with E-state index in [-0.39, 0.29) is 5.41 Å². The Kier molecular flexibility index (Phi) is 4.71. The second-order valence-corrected chi connectivity index (χ2v) is 7.26. The number of carbonyl (C=O) groups excluding carboxylic acids is 1. The molecule has 0 bridgehead atoms. The first-order valence-corrected chi connectivity index (χ1v) is 7.88. The molecule has 21 heavy (non-hydrogen) atoms. The van der Waals surface area contributed by atoms with Crippen LogP contribution >= 0.6 is 22.6 Å². The number of methoxy groups -OCH3 is 1. The average molecular weight is 394 g/mol. The van der Waals surface area contributed by atoms with Crippen LogP contribution in [0.15, 0.2) is 36.4 Å². The van der Waals surface area contributed by atoms with Crippen molar-refractivity contribution in [2.75, 3.05) is 7.11 Å². The van der Waals surface area contributed by atoms with Crippen LogP contribution < -0.4 is 4.74 Å².